The van der Waals surface area contributed by atoms with Gasteiger partial charge in [-0.25, -0.2) is 4.68 Å². The predicted octanol–water partition coefficient (Wildman–Crippen LogP) is 3.97. The molecule has 1 amide bonds. The van der Waals surface area contributed by atoms with Crippen LogP contribution >= 0.6 is 0 Å². The van der Waals surface area contributed by atoms with Gasteiger partial charge in [-0.2, -0.15) is 10.2 Å². The smallest absolute Gasteiger partial charge is 0.256 e. The first-order valence-electron chi connectivity index (χ1n) is 9.66. The standard InChI is InChI=1S/C23H23N5O/c1-27(23(29)19-16-24-28(17-19)21-12-6-3-7-13-21)14-8-11-20-15-22(26-25-20)18-9-4-2-5-10-18/h2-7,9-10,12-13,15-17H,8,11,14H2,1H3,(H,25,26). The Hall–Kier alpha value is -3.67. The minimum absolute atomic E-state index is 0.0261. The average Bonchev–Trinajstić information content (AvgIpc) is 3.45. The molecule has 0 spiro atoms. The fourth-order valence-corrected chi connectivity index (χ4v) is 3.23. The number of carbonyl (C=O) groups is 1. The number of amides is 1. The van der Waals surface area contributed by atoms with Gasteiger partial charge in [0.25, 0.3) is 5.91 Å². The molecule has 0 atom stereocenters. The van der Waals surface area contributed by atoms with Crippen LogP contribution in [-0.4, -0.2) is 44.4 Å². The summed E-state index contributed by atoms with van der Waals surface area (Å²) in [5.41, 5.74) is 4.63. The third-order valence-electron chi connectivity index (χ3n) is 4.84. The number of aromatic amines is 1. The van der Waals surface area contributed by atoms with Crippen LogP contribution in [0.5, 0.6) is 0 Å². The molecule has 0 saturated carbocycles. The van der Waals surface area contributed by atoms with Crippen LogP contribution < -0.4 is 0 Å². The fourth-order valence-electron chi connectivity index (χ4n) is 3.23. The Kier molecular flexibility index (Phi) is 5.52. The topological polar surface area (TPSA) is 66.8 Å². The highest BCUT2D eigenvalue weighted by molar-refractivity contribution is 5.93. The van der Waals surface area contributed by atoms with Gasteiger partial charge in [0.1, 0.15) is 0 Å². The van der Waals surface area contributed by atoms with Gasteiger partial charge in [0.15, 0.2) is 0 Å². The van der Waals surface area contributed by atoms with Gasteiger partial charge in [-0.1, -0.05) is 48.5 Å². The summed E-state index contributed by atoms with van der Waals surface area (Å²) < 4.78 is 1.72. The molecule has 1 N–H and O–H groups in total. The summed E-state index contributed by atoms with van der Waals surface area (Å²) in [4.78, 5) is 14.4. The Morgan fingerprint density at radius 1 is 1.07 bits per heavy atom. The molecule has 4 rings (SSSR count). The quantitative estimate of drug-likeness (QED) is 0.523. The van der Waals surface area contributed by atoms with Crippen LogP contribution in [0.2, 0.25) is 0 Å². The number of aromatic nitrogens is 4. The number of carbonyl (C=O) groups excluding carboxylic acids is 1. The van der Waals surface area contributed by atoms with Gasteiger partial charge in [-0.15, -0.1) is 0 Å². The minimum Gasteiger partial charge on any atom is -0.342 e. The van der Waals surface area contributed by atoms with Crippen molar-refractivity contribution in [2.45, 2.75) is 12.8 Å². The Morgan fingerprint density at radius 3 is 2.55 bits per heavy atom. The molecule has 0 unspecified atom stereocenters. The number of para-hydroxylation sites is 1. The van der Waals surface area contributed by atoms with E-state index in [1.165, 1.54) is 0 Å². The lowest BCUT2D eigenvalue weighted by Crippen LogP contribution is -2.27. The van der Waals surface area contributed by atoms with Gasteiger partial charge in [-0.3, -0.25) is 9.89 Å². The molecule has 0 saturated heterocycles. The van der Waals surface area contributed by atoms with Gasteiger partial charge >= 0.3 is 0 Å². The first kappa shape index (κ1) is 18.7. The van der Waals surface area contributed by atoms with Crippen LogP contribution in [0.4, 0.5) is 0 Å². The van der Waals surface area contributed by atoms with Crippen LogP contribution in [0.15, 0.2) is 79.1 Å². The molecule has 4 aromatic rings. The van der Waals surface area contributed by atoms with Crippen LogP contribution in [-0.2, 0) is 6.42 Å². The molecule has 0 aliphatic heterocycles. The van der Waals surface area contributed by atoms with E-state index in [9.17, 15) is 4.79 Å². The van der Waals surface area contributed by atoms with Crippen molar-refractivity contribution in [1.29, 1.82) is 0 Å². The molecule has 0 radical (unpaired) electrons. The molecule has 0 bridgehead atoms. The molecular formula is C23H23N5O. The fraction of sp³-hybridized carbons (Fsp3) is 0.174. The van der Waals surface area contributed by atoms with E-state index in [4.69, 9.17) is 0 Å². The number of nitrogens with one attached hydrogen (secondary N) is 1. The highest BCUT2D eigenvalue weighted by atomic mass is 16.2. The third kappa shape index (κ3) is 4.43. The lowest BCUT2D eigenvalue weighted by molar-refractivity contribution is 0.0793. The number of aryl methyl sites for hydroxylation is 1. The first-order chi connectivity index (χ1) is 14.2. The van der Waals surface area contributed by atoms with E-state index in [1.807, 2.05) is 67.7 Å². The summed E-state index contributed by atoms with van der Waals surface area (Å²) in [5.74, 6) is -0.0261. The molecule has 2 aromatic carbocycles. The van der Waals surface area contributed by atoms with Crippen LogP contribution in [0.1, 0.15) is 22.5 Å². The maximum Gasteiger partial charge on any atom is 0.256 e. The van der Waals surface area contributed by atoms with Crippen molar-refractivity contribution < 1.29 is 4.79 Å². The summed E-state index contributed by atoms with van der Waals surface area (Å²) in [7, 11) is 1.82. The number of hydrogen-bond donors (Lipinski definition) is 1. The highest BCUT2D eigenvalue weighted by Gasteiger charge is 2.14. The predicted molar refractivity (Wildman–Crippen MR) is 113 cm³/mol. The molecule has 2 aromatic heterocycles. The third-order valence-corrected chi connectivity index (χ3v) is 4.84. The van der Waals surface area contributed by atoms with Gasteiger partial charge in [-0.05, 0) is 31.0 Å². The molecular weight excluding hydrogens is 362 g/mol. The number of H-pyrrole nitrogens is 1. The van der Waals surface area contributed by atoms with E-state index in [2.05, 4.69) is 21.4 Å². The van der Waals surface area contributed by atoms with E-state index in [0.29, 0.717) is 12.1 Å². The summed E-state index contributed by atoms with van der Waals surface area (Å²) in [6.45, 7) is 0.662. The maximum absolute atomic E-state index is 12.7. The van der Waals surface area contributed by atoms with Crippen LogP contribution in [0.3, 0.4) is 0 Å². The number of rotatable bonds is 7. The SMILES string of the molecule is CN(CCCc1cc(-c2ccccc2)n[nH]1)C(=O)c1cnn(-c2ccccc2)c1. The maximum atomic E-state index is 12.7. The molecule has 6 nitrogen and oxygen atoms in total. The monoisotopic (exact) mass is 385 g/mol. The second-order valence-electron chi connectivity index (χ2n) is 6.98. The van der Waals surface area contributed by atoms with E-state index in [0.717, 1.165) is 35.5 Å². The summed E-state index contributed by atoms with van der Waals surface area (Å²) in [6.07, 6.45) is 5.08. The van der Waals surface area contributed by atoms with Gasteiger partial charge in [0, 0.05) is 31.0 Å². The zero-order valence-electron chi connectivity index (χ0n) is 16.3. The Balaban J connectivity index is 1.31. The molecule has 146 valence electrons. The van der Waals surface area contributed by atoms with Crippen molar-refractivity contribution in [2.75, 3.05) is 13.6 Å². The van der Waals surface area contributed by atoms with Gasteiger partial charge in [0.2, 0.25) is 0 Å². The van der Waals surface area contributed by atoms with Crippen LogP contribution in [0, 0.1) is 0 Å². The second kappa shape index (κ2) is 8.56. The zero-order chi connectivity index (χ0) is 20.1. The lowest BCUT2D eigenvalue weighted by Gasteiger charge is -2.15. The molecule has 0 aliphatic rings. The molecule has 29 heavy (non-hydrogen) atoms. The Bertz CT molecular complexity index is 1070. The lowest BCUT2D eigenvalue weighted by atomic mass is 10.1. The molecule has 2 heterocycles. The highest BCUT2D eigenvalue weighted by Crippen LogP contribution is 2.17. The van der Waals surface area contributed by atoms with Crippen molar-refractivity contribution in [3.05, 3.63) is 90.4 Å². The largest absolute Gasteiger partial charge is 0.342 e. The second-order valence-corrected chi connectivity index (χ2v) is 6.98. The van der Waals surface area contributed by atoms with Crippen LogP contribution in [0.25, 0.3) is 16.9 Å². The first-order valence-corrected chi connectivity index (χ1v) is 9.66. The van der Waals surface area contributed by atoms with Crippen molar-refractivity contribution in [1.82, 2.24) is 24.9 Å². The van der Waals surface area contributed by atoms with Crippen molar-refractivity contribution in [3.8, 4) is 16.9 Å². The van der Waals surface area contributed by atoms with E-state index < -0.39 is 0 Å². The minimum atomic E-state index is -0.0261. The number of benzene rings is 2. The zero-order valence-corrected chi connectivity index (χ0v) is 16.3. The molecule has 6 heteroatoms. The number of nitrogens with zero attached hydrogens (tertiary/aromatic N) is 4. The van der Waals surface area contributed by atoms with E-state index in [-0.39, 0.29) is 5.91 Å². The summed E-state index contributed by atoms with van der Waals surface area (Å²) in [6, 6.07) is 21.9. The Morgan fingerprint density at radius 2 is 1.79 bits per heavy atom. The van der Waals surface area contributed by atoms with Crippen molar-refractivity contribution >= 4 is 5.91 Å². The van der Waals surface area contributed by atoms with Gasteiger partial charge < -0.3 is 4.90 Å². The summed E-state index contributed by atoms with van der Waals surface area (Å²) in [5, 5.41) is 11.8. The van der Waals surface area contributed by atoms with Crippen molar-refractivity contribution in [2.24, 2.45) is 0 Å². The molecule has 0 aliphatic carbocycles. The normalized spacial score (nSPS) is 10.8. The van der Waals surface area contributed by atoms with Crippen molar-refractivity contribution in [3.63, 3.8) is 0 Å². The average molecular weight is 385 g/mol. The Labute approximate surface area is 169 Å². The summed E-state index contributed by atoms with van der Waals surface area (Å²) >= 11 is 0. The number of hydrogen-bond acceptors (Lipinski definition) is 3. The van der Waals surface area contributed by atoms with E-state index in [1.54, 1.807) is 22.0 Å². The van der Waals surface area contributed by atoms with E-state index >= 15 is 0 Å². The van der Waals surface area contributed by atoms with Gasteiger partial charge in [0.05, 0.1) is 23.1 Å². The molecule has 0 fully saturated rings.